The molecular weight excluding hydrogens is 428 g/mol. The summed E-state index contributed by atoms with van der Waals surface area (Å²) in [5.41, 5.74) is 4.37. The van der Waals surface area contributed by atoms with Crippen LogP contribution in [0.3, 0.4) is 0 Å². The quantitative estimate of drug-likeness (QED) is 0.555. The Labute approximate surface area is 167 Å². The van der Waals surface area contributed by atoms with E-state index in [4.69, 9.17) is 55.9 Å². The van der Waals surface area contributed by atoms with Gasteiger partial charge in [-0.25, -0.2) is 4.98 Å². The normalized spacial score (nSPS) is 12.5. The lowest BCUT2D eigenvalue weighted by molar-refractivity contribution is 0.0843. The van der Waals surface area contributed by atoms with E-state index >= 15 is 0 Å². The van der Waals surface area contributed by atoms with Gasteiger partial charge in [0.25, 0.3) is 11.8 Å². The number of carbonyl (C=O) groups excluding carboxylic acids is 2. The van der Waals surface area contributed by atoms with Gasteiger partial charge in [0.1, 0.15) is 18.4 Å². The first-order chi connectivity index (χ1) is 12.4. The third kappa shape index (κ3) is 3.76. The monoisotopic (exact) mass is 435 g/mol. The van der Waals surface area contributed by atoms with Crippen LogP contribution in [0.5, 0.6) is 11.5 Å². The summed E-state index contributed by atoms with van der Waals surface area (Å²) >= 11 is 23.4. The molecule has 11 heteroatoms. The number of hydrogen-bond acceptors (Lipinski definition) is 5. The number of halogens is 4. The van der Waals surface area contributed by atoms with Crippen molar-refractivity contribution in [3.63, 3.8) is 0 Å². The minimum Gasteiger partial charge on any atom is -0.486 e. The van der Waals surface area contributed by atoms with Crippen molar-refractivity contribution in [1.82, 2.24) is 15.8 Å². The number of aromatic nitrogens is 1. The van der Waals surface area contributed by atoms with E-state index in [0.717, 1.165) is 0 Å². The topological polar surface area (TPSA) is 89.6 Å². The highest BCUT2D eigenvalue weighted by Crippen LogP contribution is 2.36. The molecule has 0 spiro atoms. The van der Waals surface area contributed by atoms with Crippen LogP contribution in [0, 0.1) is 0 Å². The van der Waals surface area contributed by atoms with Gasteiger partial charge in [0.15, 0.2) is 17.2 Å². The molecule has 3 rings (SSSR count). The summed E-state index contributed by atoms with van der Waals surface area (Å²) in [5, 5.41) is -0.566. The zero-order valence-electron chi connectivity index (χ0n) is 12.7. The van der Waals surface area contributed by atoms with E-state index in [9.17, 15) is 9.59 Å². The minimum absolute atomic E-state index is 0.0739. The molecule has 7 nitrogen and oxygen atoms in total. The summed E-state index contributed by atoms with van der Waals surface area (Å²) in [7, 11) is 0. The summed E-state index contributed by atoms with van der Waals surface area (Å²) < 4.78 is 10.8. The van der Waals surface area contributed by atoms with Crippen LogP contribution in [-0.4, -0.2) is 30.0 Å². The Morgan fingerprint density at radius 1 is 0.885 bits per heavy atom. The van der Waals surface area contributed by atoms with Gasteiger partial charge in [0.2, 0.25) is 0 Å². The molecule has 0 saturated carbocycles. The van der Waals surface area contributed by atoms with Gasteiger partial charge in [-0.3, -0.25) is 20.4 Å². The maximum Gasteiger partial charge on any atom is 0.289 e. The van der Waals surface area contributed by atoms with Gasteiger partial charge in [-0.05, 0) is 18.2 Å². The van der Waals surface area contributed by atoms with Gasteiger partial charge < -0.3 is 9.47 Å². The first-order valence-electron chi connectivity index (χ1n) is 7.09. The van der Waals surface area contributed by atoms with Crippen molar-refractivity contribution in [2.24, 2.45) is 0 Å². The van der Waals surface area contributed by atoms with Crippen molar-refractivity contribution in [2.45, 2.75) is 0 Å². The number of nitrogens with zero attached hydrogens (tertiary/aromatic N) is 1. The number of pyridine rings is 1. The average Bonchev–Trinajstić information content (AvgIpc) is 2.66. The molecule has 0 atom stereocenters. The molecule has 136 valence electrons. The number of nitrogens with one attached hydrogen (secondary N) is 2. The number of hydrazine groups is 1. The van der Waals surface area contributed by atoms with Crippen LogP contribution in [0.2, 0.25) is 20.2 Å². The fraction of sp³-hybridized carbons (Fsp3) is 0.133. The smallest absolute Gasteiger partial charge is 0.289 e. The molecule has 0 radical (unpaired) electrons. The van der Waals surface area contributed by atoms with Crippen molar-refractivity contribution < 1.29 is 19.1 Å². The van der Waals surface area contributed by atoms with Gasteiger partial charge in [-0.2, -0.15) is 0 Å². The highest BCUT2D eigenvalue weighted by molar-refractivity contribution is 6.52. The largest absolute Gasteiger partial charge is 0.486 e. The summed E-state index contributed by atoms with van der Waals surface area (Å²) in [6, 6.07) is 4.62. The first-order valence-corrected chi connectivity index (χ1v) is 8.60. The fourth-order valence-electron chi connectivity index (χ4n) is 2.07. The number of rotatable bonds is 2. The van der Waals surface area contributed by atoms with Crippen LogP contribution in [0.25, 0.3) is 0 Å². The zero-order valence-corrected chi connectivity index (χ0v) is 15.8. The molecule has 0 aliphatic carbocycles. The zero-order chi connectivity index (χ0) is 18.8. The maximum absolute atomic E-state index is 12.2. The van der Waals surface area contributed by atoms with Crippen molar-refractivity contribution in [1.29, 1.82) is 0 Å². The van der Waals surface area contributed by atoms with E-state index in [2.05, 4.69) is 15.8 Å². The molecule has 1 aromatic carbocycles. The Kier molecular flexibility index (Phi) is 5.62. The van der Waals surface area contributed by atoms with E-state index in [1.165, 1.54) is 12.1 Å². The molecule has 0 fully saturated rings. The molecule has 1 aliphatic rings. The van der Waals surface area contributed by atoms with E-state index < -0.39 is 11.8 Å². The number of fused-ring (bicyclic) bond motifs is 1. The van der Waals surface area contributed by atoms with Crippen molar-refractivity contribution in [3.05, 3.63) is 49.7 Å². The van der Waals surface area contributed by atoms with Crippen LogP contribution in [0.1, 0.15) is 20.8 Å². The fourth-order valence-corrected chi connectivity index (χ4v) is 2.88. The molecule has 26 heavy (non-hydrogen) atoms. The van der Waals surface area contributed by atoms with Gasteiger partial charge in [0.05, 0.1) is 15.1 Å². The van der Waals surface area contributed by atoms with Gasteiger partial charge in [-0.1, -0.05) is 46.4 Å². The van der Waals surface area contributed by atoms with E-state index in [0.29, 0.717) is 24.7 Å². The number of hydrogen-bond donors (Lipinski definition) is 2. The highest BCUT2D eigenvalue weighted by Gasteiger charge is 2.21. The lowest BCUT2D eigenvalue weighted by Crippen LogP contribution is -2.42. The van der Waals surface area contributed by atoms with Crippen LogP contribution < -0.4 is 20.3 Å². The summed E-state index contributed by atoms with van der Waals surface area (Å²) in [5.74, 6) is -0.423. The molecule has 2 aromatic rings. The van der Waals surface area contributed by atoms with Crippen molar-refractivity contribution >= 4 is 58.2 Å². The standard InChI is InChI=1S/C15H9Cl4N3O4/c16-9-10(17)12(20-13(19)11(9)18)15(24)22-21-14(23)6-1-2-7-8(5-6)26-4-3-25-7/h1-2,5H,3-4H2,(H,21,23)(H,22,24). The molecular formula is C15H9Cl4N3O4. The molecule has 0 saturated heterocycles. The number of carbonyl (C=O) groups is 2. The second-order valence-corrected chi connectivity index (χ2v) is 6.45. The number of benzene rings is 1. The second-order valence-electron chi connectivity index (χ2n) is 4.96. The second kappa shape index (κ2) is 7.75. The predicted molar refractivity (Wildman–Crippen MR) is 96.6 cm³/mol. The molecule has 1 aliphatic heterocycles. The van der Waals surface area contributed by atoms with E-state index in [1.807, 2.05) is 0 Å². The Hall–Kier alpha value is -1.93. The van der Waals surface area contributed by atoms with E-state index in [-0.39, 0.29) is 31.5 Å². The van der Waals surface area contributed by atoms with Gasteiger partial charge >= 0.3 is 0 Å². The summed E-state index contributed by atoms with van der Waals surface area (Å²) in [4.78, 5) is 28.1. The lowest BCUT2D eigenvalue weighted by Gasteiger charge is -2.18. The van der Waals surface area contributed by atoms with E-state index in [1.54, 1.807) is 6.07 Å². The Morgan fingerprint density at radius 3 is 2.27 bits per heavy atom. The van der Waals surface area contributed by atoms with Crippen molar-refractivity contribution in [3.8, 4) is 11.5 Å². The molecule has 0 bridgehead atoms. The molecule has 0 unspecified atom stereocenters. The molecule has 2 heterocycles. The number of ether oxygens (including phenoxy) is 2. The maximum atomic E-state index is 12.2. The molecule has 1 aromatic heterocycles. The van der Waals surface area contributed by atoms with Gasteiger partial charge in [-0.15, -0.1) is 0 Å². The first kappa shape index (κ1) is 18.8. The third-order valence-corrected chi connectivity index (χ3v) is 4.97. The predicted octanol–water partition coefficient (Wildman–Crippen LogP) is 3.54. The molecule has 2 amide bonds. The minimum atomic E-state index is -0.818. The summed E-state index contributed by atoms with van der Waals surface area (Å²) in [6.07, 6.45) is 0. The highest BCUT2D eigenvalue weighted by atomic mass is 35.5. The number of amides is 2. The average molecular weight is 437 g/mol. The van der Waals surface area contributed by atoms with Crippen LogP contribution in [0.4, 0.5) is 0 Å². The summed E-state index contributed by atoms with van der Waals surface area (Å²) in [6.45, 7) is 0.825. The van der Waals surface area contributed by atoms with Gasteiger partial charge in [0, 0.05) is 5.56 Å². The Bertz CT molecular complexity index is 907. The van der Waals surface area contributed by atoms with Crippen LogP contribution in [-0.2, 0) is 0 Å². The Balaban J connectivity index is 1.71. The molecule has 2 N–H and O–H groups in total. The van der Waals surface area contributed by atoms with Crippen LogP contribution in [0.15, 0.2) is 18.2 Å². The lowest BCUT2D eigenvalue weighted by atomic mass is 10.2. The SMILES string of the molecule is O=C(NNC(=O)c1nc(Cl)c(Cl)c(Cl)c1Cl)c1ccc2c(c1)OCCO2. The Morgan fingerprint density at radius 2 is 1.54 bits per heavy atom. The third-order valence-electron chi connectivity index (χ3n) is 3.29. The van der Waals surface area contributed by atoms with Crippen LogP contribution >= 0.6 is 46.4 Å². The van der Waals surface area contributed by atoms with Crippen molar-refractivity contribution in [2.75, 3.05) is 13.2 Å².